The van der Waals surface area contributed by atoms with Crippen molar-refractivity contribution in [2.75, 3.05) is 39.4 Å². The van der Waals surface area contributed by atoms with E-state index in [1.54, 1.807) is 11.0 Å². The van der Waals surface area contributed by atoms with Gasteiger partial charge in [0.2, 0.25) is 5.91 Å². The van der Waals surface area contributed by atoms with Crippen LogP contribution in [-0.2, 0) is 16.0 Å². The normalized spacial score (nSPS) is 23.4. The van der Waals surface area contributed by atoms with Crippen LogP contribution >= 0.6 is 0 Å². The van der Waals surface area contributed by atoms with Gasteiger partial charge in [-0.3, -0.25) is 4.79 Å². The highest BCUT2D eigenvalue weighted by Crippen LogP contribution is 2.50. The number of hydrogen-bond acceptors (Lipinski definition) is 5. The summed E-state index contributed by atoms with van der Waals surface area (Å²) in [5.74, 6) is -0.302. The minimum atomic E-state index is -4.83. The van der Waals surface area contributed by atoms with Crippen molar-refractivity contribution in [2.45, 2.75) is 50.5 Å². The highest BCUT2D eigenvalue weighted by atomic mass is 19.4. The van der Waals surface area contributed by atoms with Crippen LogP contribution < -0.4 is 14.8 Å². The van der Waals surface area contributed by atoms with E-state index < -0.39 is 6.36 Å². The van der Waals surface area contributed by atoms with E-state index in [2.05, 4.69) is 10.1 Å². The highest BCUT2D eigenvalue weighted by molar-refractivity contribution is 5.79. The zero-order chi connectivity index (χ0) is 26.8. The number of carbonyl (C=O) groups excluding carboxylic acids is 1. The zero-order valence-corrected chi connectivity index (χ0v) is 21.1. The Morgan fingerprint density at radius 1 is 1.11 bits per heavy atom. The van der Waals surface area contributed by atoms with Crippen LogP contribution in [0.1, 0.15) is 42.7 Å². The van der Waals surface area contributed by atoms with Crippen molar-refractivity contribution < 1.29 is 36.6 Å². The Morgan fingerprint density at radius 3 is 2.63 bits per heavy atom. The first-order valence-corrected chi connectivity index (χ1v) is 13.1. The molecule has 3 heterocycles. The molecule has 3 aliphatic rings. The van der Waals surface area contributed by atoms with Crippen molar-refractivity contribution in [3.63, 3.8) is 0 Å². The molecule has 2 atom stereocenters. The van der Waals surface area contributed by atoms with Gasteiger partial charge in [-0.25, -0.2) is 4.39 Å². The molecule has 0 bridgehead atoms. The summed E-state index contributed by atoms with van der Waals surface area (Å²) >= 11 is 0. The number of halogens is 4. The molecule has 206 valence electrons. The summed E-state index contributed by atoms with van der Waals surface area (Å²) < 4.78 is 68.4. The third kappa shape index (κ3) is 6.07. The molecule has 1 spiro atoms. The van der Waals surface area contributed by atoms with Crippen LogP contribution in [0.5, 0.6) is 11.5 Å². The number of rotatable bonds is 6. The Kier molecular flexibility index (Phi) is 7.81. The number of nitrogens with zero attached hydrogens (tertiary/aromatic N) is 1. The van der Waals surface area contributed by atoms with Crippen molar-refractivity contribution in [1.29, 1.82) is 0 Å². The summed E-state index contributed by atoms with van der Waals surface area (Å²) in [4.78, 5) is 14.8. The monoisotopic (exact) mass is 536 g/mol. The second-order valence-electron chi connectivity index (χ2n) is 10.4. The third-order valence-electron chi connectivity index (χ3n) is 8.07. The fourth-order valence-corrected chi connectivity index (χ4v) is 6.05. The van der Waals surface area contributed by atoms with Crippen LogP contribution in [0.3, 0.4) is 0 Å². The fraction of sp³-hybridized carbons (Fsp3) is 0.536. The molecule has 38 heavy (non-hydrogen) atoms. The van der Waals surface area contributed by atoms with Crippen molar-refractivity contribution in [1.82, 2.24) is 10.2 Å². The van der Waals surface area contributed by atoms with Gasteiger partial charge in [-0.05, 0) is 48.9 Å². The van der Waals surface area contributed by atoms with E-state index in [4.69, 9.17) is 9.47 Å². The van der Waals surface area contributed by atoms with E-state index in [0.717, 1.165) is 44.3 Å². The summed E-state index contributed by atoms with van der Waals surface area (Å²) in [7, 11) is 0. The summed E-state index contributed by atoms with van der Waals surface area (Å²) in [5.41, 5.74) is 1.07. The molecule has 0 aromatic heterocycles. The molecule has 3 saturated heterocycles. The fourth-order valence-electron chi connectivity index (χ4n) is 6.05. The molecular weight excluding hydrogens is 504 g/mol. The maximum Gasteiger partial charge on any atom is 0.573 e. The number of nitrogens with one attached hydrogen (secondary N) is 1. The molecule has 3 fully saturated rings. The van der Waals surface area contributed by atoms with Gasteiger partial charge in [0.1, 0.15) is 23.4 Å². The van der Waals surface area contributed by atoms with E-state index in [1.165, 1.54) is 30.3 Å². The van der Waals surface area contributed by atoms with Gasteiger partial charge in [-0.15, -0.1) is 13.2 Å². The minimum absolute atomic E-state index is 0.0762. The molecular formula is C28H32F4N2O4. The Morgan fingerprint density at radius 2 is 1.89 bits per heavy atom. The molecule has 3 aliphatic heterocycles. The number of benzene rings is 2. The molecule has 1 N–H and O–H groups in total. The molecule has 1 amide bonds. The van der Waals surface area contributed by atoms with Gasteiger partial charge in [0.25, 0.3) is 0 Å². The van der Waals surface area contributed by atoms with Crippen molar-refractivity contribution in [3.8, 4) is 11.5 Å². The first-order valence-electron chi connectivity index (χ1n) is 13.1. The van der Waals surface area contributed by atoms with Crippen LogP contribution in [0.15, 0.2) is 42.5 Å². The number of amides is 1. The summed E-state index contributed by atoms with van der Waals surface area (Å²) in [5, 5.41) is 3.47. The van der Waals surface area contributed by atoms with E-state index in [1.807, 2.05) is 6.07 Å². The van der Waals surface area contributed by atoms with Gasteiger partial charge in [-0.1, -0.05) is 24.3 Å². The number of hydrogen-bond donors (Lipinski definition) is 1. The summed E-state index contributed by atoms with van der Waals surface area (Å²) in [6.07, 6.45) is -1.93. The SMILES string of the molecule is O=C(Cc1ccccc1OC(F)(F)F)N1CCC2(CCNCC2c2ccc(F)cc2O[C@@H]2CCOC2)CC1. The van der Waals surface area contributed by atoms with Gasteiger partial charge < -0.3 is 24.4 Å². The molecule has 1 unspecified atom stereocenters. The number of carbonyl (C=O) groups is 1. The average molecular weight is 537 g/mol. The second kappa shape index (κ2) is 11.1. The van der Waals surface area contributed by atoms with Crippen molar-refractivity contribution in [2.24, 2.45) is 5.41 Å². The van der Waals surface area contributed by atoms with Crippen LogP contribution in [0, 0.1) is 11.2 Å². The number of piperidine rings is 2. The van der Waals surface area contributed by atoms with Crippen LogP contribution in [0.25, 0.3) is 0 Å². The standard InChI is InChI=1S/C28H32F4N2O4/c29-20-5-6-22(25(16-20)37-21-7-14-36-18-21)23-17-33-11-8-27(23)9-12-34(13-10-27)26(35)15-19-3-1-2-4-24(19)38-28(30,31)32/h1-6,16,21,23,33H,7-15,17-18H2/t21-,23?/m1/s1. The molecule has 10 heteroatoms. The predicted molar refractivity (Wildman–Crippen MR) is 132 cm³/mol. The Hall–Kier alpha value is -2.85. The van der Waals surface area contributed by atoms with E-state index in [9.17, 15) is 22.4 Å². The predicted octanol–water partition coefficient (Wildman–Crippen LogP) is 4.82. The van der Waals surface area contributed by atoms with Crippen molar-refractivity contribution in [3.05, 3.63) is 59.4 Å². The minimum Gasteiger partial charge on any atom is -0.488 e. The van der Waals surface area contributed by atoms with Gasteiger partial charge in [0.15, 0.2) is 0 Å². The van der Waals surface area contributed by atoms with Gasteiger partial charge in [-0.2, -0.15) is 0 Å². The number of alkyl halides is 3. The number of ether oxygens (including phenoxy) is 3. The van der Waals surface area contributed by atoms with Crippen LogP contribution in [-0.4, -0.2) is 62.7 Å². The van der Waals surface area contributed by atoms with E-state index in [-0.39, 0.29) is 46.9 Å². The molecule has 0 aliphatic carbocycles. The maximum absolute atomic E-state index is 14.2. The molecule has 2 aromatic rings. The first-order chi connectivity index (χ1) is 18.2. The lowest BCUT2D eigenvalue weighted by atomic mass is 9.62. The summed E-state index contributed by atoms with van der Waals surface area (Å²) in [6.45, 7) is 3.69. The molecule has 0 saturated carbocycles. The number of para-hydroxylation sites is 1. The Balaban J connectivity index is 1.29. The third-order valence-corrected chi connectivity index (χ3v) is 8.07. The molecule has 2 aromatic carbocycles. The first kappa shape index (κ1) is 26.7. The molecule has 6 nitrogen and oxygen atoms in total. The lowest BCUT2D eigenvalue weighted by Crippen LogP contribution is -2.51. The van der Waals surface area contributed by atoms with Gasteiger partial charge >= 0.3 is 6.36 Å². The van der Waals surface area contributed by atoms with E-state index in [0.29, 0.717) is 32.1 Å². The summed E-state index contributed by atoms with van der Waals surface area (Å²) in [6, 6.07) is 10.5. The largest absolute Gasteiger partial charge is 0.573 e. The van der Waals surface area contributed by atoms with Crippen LogP contribution in [0.4, 0.5) is 17.6 Å². The quantitative estimate of drug-likeness (QED) is 0.537. The maximum atomic E-state index is 14.2. The highest BCUT2D eigenvalue weighted by Gasteiger charge is 2.45. The average Bonchev–Trinajstić information content (AvgIpc) is 3.39. The van der Waals surface area contributed by atoms with Crippen molar-refractivity contribution >= 4 is 5.91 Å². The van der Waals surface area contributed by atoms with Crippen LogP contribution in [0.2, 0.25) is 0 Å². The van der Waals surface area contributed by atoms with Gasteiger partial charge in [0, 0.05) is 43.6 Å². The zero-order valence-electron chi connectivity index (χ0n) is 21.1. The van der Waals surface area contributed by atoms with Gasteiger partial charge in [0.05, 0.1) is 19.6 Å². The number of likely N-dealkylation sites (tertiary alicyclic amines) is 1. The lowest BCUT2D eigenvalue weighted by Gasteiger charge is -2.50. The lowest BCUT2D eigenvalue weighted by molar-refractivity contribution is -0.274. The topological polar surface area (TPSA) is 60.0 Å². The Labute approximate surface area is 219 Å². The van der Waals surface area contributed by atoms with E-state index >= 15 is 0 Å². The molecule has 5 rings (SSSR count). The Bertz CT molecular complexity index is 1130. The second-order valence-corrected chi connectivity index (χ2v) is 10.4. The smallest absolute Gasteiger partial charge is 0.488 e. The molecule has 0 radical (unpaired) electrons.